The standard InChI is InChI=1S/C16H27N3O2/c1-2-19(4-3-14(17)18-21)15(20)16-8-11-5-12(9-16)7-13(6-11)10-16/h11-13,21H,2-10H2,1H3,(H2,17,18). The fourth-order valence-corrected chi connectivity index (χ4v) is 5.41. The molecule has 0 saturated heterocycles. The van der Waals surface area contributed by atoms with Gasteiger partial charge >= 0.3 is 0 Å². The third-order valence-electron chi connectivity index (χ3n) is 5.93. The van der Waals surface area contributed by atoms with Crippen molar-refractivity contribution in [2.75, 3.05) is 13.1 Å². The van der Waals surface area contributed by atoms with Gasteiger partial charge in [0.1, 0.15) is 5.84 Å². The number of oxime groups is 1. The zero-order valence-electron chi connectivity index (χ0n) is 12.9. The van der Waals surface area contributed by atoms with Crippen molar-refractivity contribution in [3.63, 3.8) is 0 Å². The lowest BCUT2D eigenvalue weighted by Gasteiger charge is -2.56. The van der Waals surface area contributed by atoms with Crippen molar-refractivity contribution >= 4 is 11.7 Å². The highest BCUT2D eigenvalue weighted by Crippen LogP contribution is 2.60. The average molecular weight is 293 g/mol. The first-order chi connectivity index (χ1) is 10.1. The van der Waals surface area contributed by atoms with Gasteiger partial charge in [0.2, 0.25) is 5.91 Å². The van der Waals surface area contributed by atoms with E-state index in [-0.39, 0.29) is 11.3 Å². The summed E-state index contributed by atoms with van der Waals surface area (Å²) < 4.78 is 0. The second-order valence-electron chi connectivity index (χ2n) is 7.42. The number of hydrogen-bond donors (Lipinski definition) is 2. The summed E-state index contributed by atoms with van der Waals surface area (Å²) in [7, 11) is 0. The van der Waals surface area contributed by atoms with Crippen LogP contribution in [-0.2, 0) is 4.79 Å². The van der Waals surface area contributed by atoms with Crippen LogP contribution in [0, 0.1) is 23.2 Å². The minimum atomic E-state index is -0.0874. The van der Waals surface area contributed by atoms with Crippen LogP contribution in [0.5, 0.6) is 0 Å². The summed E-state index contributed by atoms with van der Waals surface area (Å²) in [5, 5.41) is 11.7. The summed E-state index contributed by atoms with van der Waals surface area (Å²) in [4.78, 5) is 15.0. The van der Waals surface area contributed by atoms with Crippen LogP contribution in [0.1, 0.15) is 51.9 Å². The first-order valence-electron chi connectivity index (χ1n) is 8.32. The number of hydrogen-bond acceptors (Lipinski definition) is 3. The van der Waals surface area contributed by atoms with Crippen LogP contribution >= 0.6 is 0 Å². The highest BCUT2D eigenvalue weighted by atomic mass is 16.4. The van der Waals surface area contributed by atoms with Crippen molar-refractivity contribution in [2.24, 2.45) is 34.1 Å². The fraction of sp³-hybridized carbons (Fsp3) is 0.875. The zero-order valence-corrected chi connectivity index (χ0v) is 12.9. The molecule has 3 N–H and O–H groups in total. The summed E-state index contributed by atoms with van der Waals surface area (Å²) in [6.45, 7) is 3.29. The van der Waals surface area contributed by atoms with Gasteiger partial charge in [-0.2, -0.15) is 0 Å². The molecule has 0 unspecified atom stereocenters. The molecule has 21 heavy (non-hydrogen) atoms. The first-order valence-corrected chi connectivity index (χ1v) is 8.32. The molecule has 4 saturated carbocycles. The van der Waals surface area contributed by atoms with Crippen LogP contribution in [0.25, 0.3) is 0 Å². The van der Waals surface area contributed by atoms with E-state index in [4.69, 9.17) is 10.9 Å². The maximum atomic E-state index is 13.1. The predicted octanol–water partition coefficient (Wildman–Crippen LogP) is 2.19. The number of amidine groups is 1. The molecule has 4 bridgehead atoms. The van der Waals surface area contributed by atoms with Gasteiger partial charge in [0.05, 0.1) is 5.41 Å². The molecule has 0 radical (unpaired) electrons. The predicted molar refractivity (Wildman–Crippen MR) is 80.9 cm³/mol. The Bertz CT molecular complexity index is 412. The molecule has 5 nitrogen and oxygen atoms in total. The van der Waals surface area contributed by atoms with Gasteiger partial charge < -0.3 is 15.8 Å². The van der Waals surface area contributed by atoms with Crippen molar-refractivity contribution in [3.8, 4) is 0 Å². The lowest BCUT2D eigenvalue weighted by Crippen LogP contribution is -2.54. The van der Waals surface area contributed by atoms with Crippen LogP contribution in [0.3, 0.4) is 0 Å². The van der Waals surface area contributed by atoms with Gasteiger partial charge in [0.15, 0.2) is 0 Å². The Morgan fingerprint density at radius 1 is 1.24 bits per heavy atom. The van der Waals surface area contributed by atoms with Crippen LogP contribution < -0.4 is 5.73 Å². The monoisotopic (exact) mass is 293 g/mol. The van der Waals surface area contributed by atoms with E-state index in [1.165, 1.54) is 19.3 Å². The molecule has 4 rings (SSSR count). The Hall–Kier alpha value is -1.26. The smallest absolute Gasteiger partial charge is 0.228 e. The normalized spacial score (nSPS) is 37.8. The highest BCUT2D eigenvalue weighted by molar-refractivity contribution is 5.84. The lowest BCUT2D eigenvalue weighted by atomic mass is 9.49. The Morgan fingerprint density at radius 3 is 2.19 bits per heavy atom. The second kappa shape index (κ2) is 5.50. The van der Waals surface area contributed by atoms with Crippen molar-refractivity contribution in [1.29, 1.82) is 0 Å². The van der Waals surface area contributed by atoms with Crippen LogP contribution in [0.4, 0.5) is 0 Å². The molecule has 0 aliphatic heterocycles. The van der Waals surface area contributed by atoms with Gasteiger partial charge in [-0.1, -0.05) is 5.16 Å². The van der Waals surface area contributed by atoms with Crippen molar-refractivity contribution < 1.29 is 10.0 Å². The Balaban J connectivity index is 1.71. The van der Waals surface area contributed by atoms with Crippen LogP contribution in [-0.4, -0.2) is 34.9 Å². The molecule has 5 heteroatoms. The number of rotatable bonds is 5. The van der Waals surface area contributed by atoms with E-state index in [1.54, 1.807) is 0 Å². The molecule has 0 aromatic heterocycles. The molecule has 0 atom stereocenters. The van der Waals surface area contributed by atoms with E-state index in [0.717, 1.165) is 37.0 Å². The van der Waals surface area contributed by atoms with E-state index in [0.29, 0.717) is 25.4 Å². The summed E-state index contributed by atoms with van der Waals surface area (Å²) in [6.07, 6.45) is 7.78. The average Bonchev–Trinajstić information content (AvgIpc) is 2.46. The van der Waals surface area contributed by atoms with E-state index in [1.807, 2.05) is 11.8 Å². The van der Waals surface area contributed by atoms with Gasteiger partial charge in [-0.3, -0.25) is 4.79 Å². The molecule has 0 heterocycles. The number of nitrogens with zero attached hydrogens (tertiary/aromatic N) is 2. The Kier molecular flexibility index (Phi) is 3.84. The Morgan fingerprint density at radius 2 is 1.76 bits per heavy atom. The second-order valence-corrected chi connectivity index (χ2v) is 7.42. The number of amides is 1. The van der Waals surface area contributed by atoms with Crippen molar-refractivity contribution in [3.05, 3.63) is 0 Å². The molecule has 0 aromatic rings. The molecule has 1 amide bonds. The summed E-state index contributed by atoms with van der Waals surface area (Å²) in [5.41, 5.74) is 5.46. The van der Waals surface area contributed by atoms with Gasteiger partial charge in [-0.25, -0.2) is 0 Å². The minimum absolute atomic E-state index is 0.0874. The maximum Gasteiger partial charge on any atom is 0.228 e. The maximum absolute atomic E-state index is 13.1. The van der Waals surface area contributed by atoms with E-state index >= 15 is 0 Å². The first kappa shape index (κ1) is 14.7. The van der Waals surface area contributed by atoms with Crippen LogP contribution in [0.2, 0.25) is 0 Å². The molecule has 0 spiro atoms. The molecular formula is C16H27N3O2. The Labute approximate surface area is 126 Å². The topological polar surface area (TPSA) is 78.9 Å². The van der Waals surface area contributed by atoms with Crippen LogP contribution in [0.15, 0.2) is 5.16 Å². The van der Waals surface area contributed by atoms with E-state index in [9.17, 15) is 4.79 Å². The molecule has 4 aliphatic carbocycles. The molecule has 118 valence electrons. The third-order valence-corrected chi connectivity index (χ3v) is 5.93. The summed E-state index contributed by atoms with van der Waals surface area (Å²) in [6, 6.07) is 0. The quantitative estimate of drug-likeness (QED) is 0.353. The minimum Gasteiger partial charge on any atom is -0.409 e. The van der Waals surface area contributed by atoms with Crippen molar-refractivity contribution in [1.82, 2.24) is 4.90 Å². The zero-order chi connectivity index (χ0) is 15.0. The van der Waals surface area contributed by atoms with Gasteiger partial charge in [0, 0.05) is 19.5 Å². The number of nitrogens with two attached hydrogens (primary N) is 1. The SMILES string of the molecule is CCN(CCC(N)=NO)C(=O)C12CC3CC(CC(C3)C1)C2. The molecule has 4 fully saturated rings. The third kappa shape index (κ3) is 2.62. The van der Waals surface area contributed by atoms with E-state index < -0.39 is 0 Å². The van der Waals surface area contributed by atoms with Gasteiger partial charge in [-0.05, 0) is 63.2 Å². The molecule has 4 aliphatic rings. The number of carbonyl (C=O) groups is 1. The fourth-order valence-electron chi connectivity index (χ4n) is 5.41. The number of carbonyl (C=O) groups excluding carboxylic acids is 1. The molecular weight excluding hydrogens is 266 g/mol. The largest absolute Gasteiger partial charge is 0.409 e. The lowest BCUT2D eigenvalue weighted by molar-refractivity contribution is -0.157. The summed E-state index contributed by atoms with van der Waals surface area (Å²) >= 11 is 0. The van der Waals surface area contributed by atoms with E-state index in [2.05, 4.69) is 5.16 Å². The summed E-state index contributed by atoms with van der Waals surface area (Å²) in [5.74, 6) is 2.87. The molecule has 0 aromatic carbocycles. The van der Waals surface area contributed by atoms with Gasteiger partial charge in [0.25, 0.3) is 0 Å². The highest BCUT2D eigenvalue weighted by Gasteiger charge is 2.55. The van der Waals surface area contributed by atoms with Gasteiger partial charge in [-0.15, -0.1) is 0 Å². The van der Waals surface area contributed by atoms with Crippen molar-refractivity contribution in [2.45, 2.75) is 51.9 Å².